The number of amides is 1. The Kier molecular flexibility index (Phi) is 5.99. The van der Waals surface area contributed by atoms with Gasteiger partial charge in [0.15, 0.2) is 0 Å². The highest BCUT2D eigenvalue weighted by atomic mass is 32.2. The third-order valence-corrected chi connectivity index (χ3v) is 3.69. The van der Waals surface area contributed by atoms with Gasteiger partial charge in [0.1, 0.15) is 0 Å². The molecule has 1 rings (SSSR count). The van der Waals surface area contributed by atoms with Gasteiger partial charge in [-0.25, -0.2) is 13.1 Å². The third-order valence-electron chi connectivity index (χ3n) is 2.30. The Morgan fingerprint density at radius 3 is 2.27 bits per heavy atom. The SMILES string of the molecule is CN(C)N=Nc1ccc(S(=O)(=O)NC(=O)CCC(=O)O)cc1. The van der Waals surface area contributed by atoms with Crippen LogP contribution in [0.2, 0.25) is 0 Å². The lowest BCUT2D eigenvalue weighted by Crippen LogP contribution is -2.30. The number of hydrogen-bond acceptors (Lipinski definition) is 6. The predicted molar refractivity (Wildman–Crippen MR) is 76.8 cm³/mol. The minimum absolute atomic E-state index is 0.125. The predicted octanol–water partition coefficient (Wildman–Crippen LogP) is 0.917. The van der Waals surface area contributed by atoms with Gasteiger partial charge in [-0.1, -0.05) is 5.22 Å². The molecule has 9 nitrogen and oxygen atoms in total. The standard InChI is InChI=1S/C12H16N4O5S/c1-16(2)15-13-9-3-5-10(6-4-9)22(20,21)14-11(17)7-8-12(18)19/h3-6H,7-8H2,1-2H3,(H,14,17)(H,18,19). The van der Waals surface area contributed by atoms with Crippen LogP contribution in [0.15, 0.2) is 39.5 Å². The molecular weight excluding hydrogens is 312 g/mol. The molecule has 0 spiro atoms. The van der Waals surface area contributed by atoms with Gasteiger partial charge < -0.3 is 5.11 Å². The summed E-state index contributed by atoms with van der Waals surface area (Å²) in [5.74, 6) is -2.05. The molecule has 0 atom stereocenters. The first-order valence-corrected chi connectivity index (χ1v) is 7.65. The number of sulfonamides is 1. The van der Waals surface area contributed by atoms with Crippen LogP contribution in [0.3, 0.4) is 0 Å². The smallest absolute Gasteiger partial charge is 0.303 e. The van der Waals surface area contributed by atoms with Gasteiger partial charge in [0.25, 0.3) is 10.0 Å². The number of aliphatic carboxylic acids is 1. The molecule has 0 unspecified atom stereocenters. The number of carbonyl (C=O) groups is 2. The molecule has 10 heteroatoms. The van der Waals surface area contributed by atoms with Gasteiger partial charge >= 0.3 is 5.97 Å². The van der Waals surface area contributed by atoms with Crippen LogP contribution >= 0.6 is 0 Å². The number of nitrogens with zero attached hydrogens (tertiary/aromatic N) is 3. The zero-order valence-corrected chi connectivity index (χ0v) is 12.9. The molecule has 22 heavy (non-hydrogen) atoms. The zero-order valence-electron chi connectivity index (χ0n) is 12.1. The monoisotopic (exact) mass is 328 g/mol. The normalized spacial score (nSPS) is 11.4. The van der Waals surface area contributed by atoms with Crippen molar-refractivity contribution in [2.24, 2.45) is 10.3 Å². The molecule has 0 fully saturated rings. The molecule has 0 aliphatic carbocycles. The van der Waals surface area contributed by atoms with Crippen molar-refractivity contribution in [2.75, 3.05) is 14.1 Å². The maximum absolute atomic E-state index is 11.9. The van der Waals surface area contributed by atoms with Gasteiger partial charge in [-0.15, -0.1) is 5.11 Å². The summed E-state index contributed by atoms with van der Waals surface area (Å²) < 4.78 is 25.7. The molecule has 0 radical (unpaired) electrons. The lowest BCUT2D eigenvalue weighted by molar-refractivity contribution is -0.138. The molecule has 0 aliphatic heterocycles. The van der Waals surface area contributed by atoms with E-state index in [-0.39, 0.29) is 4.90 Å². The zero-order chi connectivity index (χ0) is 16.8. The fourth-order valence-corrected chi connectivity index (χ4v) is 2.33. The van der Waals surface area contributed by atoms with Gasteiger partial charge in [0, 0.05) is 20.5 Å². The Hall–Kier alpha value is -2.49. The molecular formula is C12H16N4O5S. The second kappa shape index (κ2) is 7.50. The molecule has 1 aromatic carbocycles. The van der Waals surface area contributed by atoms with Crippen molar-refractivity contribution in [1.29, 1.82) is 0 Å². The fraction of sp³-hybridized carbons (Fsp3) is 0.333. The molecule has 0 saturated carbocycles. The highest BCUT2D eigenvalue weighted by molar-refractivity contribution is 7.90. The first-order chi connectivity index (χ1) is 10.2. The van der Waals surface area contributed by atoms with Crippen molar-refractivity contribution in [2.45, 2.75) is 17.7 Å². The Morgan fingerprint density at radius 1 is 1.18 bits per heavy atom. The molecule has 1 amide bonds. The van der Waals surface area contributed by atoms with Crippen molar-refractivity contribution in [3.63, 3.8) is 0 Å². The molecule has 0 bridgehead atoms. The number of carbonyl (C=O) groups excluding carboxylic acids is 1. The summed E-state index contributed by atoms with van der Waals surface area (Å²) in [6, 6.07) is 5.42. The summed E-state index contributed by atoms with van der Waals surface area (Å²) in [4.78, 5) is 21.6. The summed E-state index contributed by atoms with van der Waals surface area (Å²) in [6.07, 6.45) is -0.852. The van der Waals surface area contributed by atoms with Crippen molar-refractivity contribution in [3.05, 3.63) is 24.3 Å². The number of nitrogens with one attached hydrogen (secondary N) is 1. The van der Waals surface area contributed by atoms with Crippen LogP contribution in [-0.4, -0.2) is 44.5 Å². The van der Waals surface area contributed by atoms with Gasteiger partial charge in [0.2, 0.25) is 5.91 Å². The van der Waals surface area contributed by atoms with Gasteiger partial charge in [-0.05, 0) is 24.3 Å². The lowest BCUT2D eigenvalue weighted by atomic mass is 10.3. The number of carboxylic acids is 1. The number of hydrogen-bond donors (Lipinski definition) is 2. The van der Waals surface area contributed by atoms with E-state index in [1.165, 1.54) is 29.3 Å². The molecule has 1 aromatic rings. The lowest BCUT2D eigenvalue weighted by Gasteiger charge is -2.06. The number of benzene rings is 1. The summed E-state index contributed by atoms with van der Waals surface area (Å²) in [6.45, 7) is 0. The van der Waals surface area contributed by atoms with Crippen molar-refractivity contribution in [3.8, 4) is 0 Å². The fourth-order valence-electron chi connectivity index (χ4n) is 1.31. The second-order valence-corrected chi connectivity index (χ2v) is 6.14. The number of rotatable bonds is 7. The molecule has 120 valence electrons. The maximum atomic E-state index is 11.9. The van der Waals surface area contributed by atoms with Crippen LogP contribution in [0.1, 0.15) is 12.8 Å². The summed E-state index contributed by atoms with van der Waals surface area (Å²) in [5, 5.41) is 17.5. The largest absolute Gasteiger partial charge is 0.481 e. The molecule has 0 heterocycles. The van der Waals surface area contributed by atoms with Crippen LogP contribution in [0.25, 0.3) is 0 Å². The third kappa shape index (κ3) is 5.87. The van der Waals surface area contributed by atoms with E-state index in [0.29, 0.717) is 5.69 Å². The summed E-state index contributed by atoms with van der Waals surface area (Å²) in [5.41, 5.74) is 0.449. The van der Waals surface area contributed by atoms with Crippen molar-refractivity contribution >= 4 is 27.6 Å². The first kappa shape index (κ1) is 17.6. The molecule has 2 N–H and O–H groups in total. The van der Waals surface area contributed by atoms with Gasteiger partial charge in [-0.3, -0.25) is 14.6 Å². The summed E-state index contributed by atoms with van der Waals surface area (Å²) >= 11 is 0. The van der Waals surface area contributed by atoms with E-state index in [1.807, 2.05) is 0 Å². The highest BCUT2D eigenvalue weighted by Gasteiger charge is 2.17. The molecule has 0 aliphatic rings. The van der Waals surface area contributed by atoms with Crippen LogP contribution < -0.4 is 4.72 Å². The Balaban J connectivity index is 2.77. The van der Waals surface area contributed by atoms with E-state index in [0.717, 1.165) is 0 Å². The van der Waals surface area contributed by atoms with E-state index in [4.69, 9.17) is 5.11 Å². The second-order valence-electron chi connectivity index (χ2n) is 4.45. The molecule has 0 saturated heterocycles. The van der Waals surface area contributed by atoms with Crippen LogP contribution in [0.5, 0.6) is 0 Å². The average Bonchev–Trinajstić information content (AvgIpc) is 2.43. The first-order valence-electron chi connectivity index (χ1n) is 6.17. The quantitative estimate of drug-likeness (QED) is 0.565. The van der Waals surface area contributed by atoms with E-state index < -0.39 is 34.7 Å². The van der Waals surface area contributed by atoms with E-state index >= 15 is 0 Å². The topological polar surface area (TPSA) is 128 Å². The van der Waals surface area contributed by atoms with Crippen molar-refractivity contribution in [1.82, 2.24) is 9.73 Å². The van der Waals surface area contributed by atoms with E-state index in [9.17, 15) is 18.0 Å². The van der Waals surface area contributed by atoms with Crippen LogP contribution in [0, 0.1) is 0 Å². The summed E-state index contributed by atoms with van der Waals surface area (Å²) in [7, 11) is -0.652. The van der Waals surface area contributed by atoms with Crippen molar-refractivity contribution < 1.29 is 23.1 Å². The number of carboxylic acid groups (broad SMARTS) is 1. The van der Waals surface area contributed by atoms with E-state index in [2.05, 4.69) is 10.3 Å². The maximum Gasteiger partial charge on any atom is 0.303 e. The van der Waals surface area contributed by atoms with Crippen LogP contribution in [0.4, 0.5) is 5.69 Å². The Labute approximate surface area is 127 Å². The van der Waals surface area contributed by atoms with Gasteiger partial charge in [-0.2, -0.15) is 0 Å². The minimum atomic E-state index is -4.03. The van der Waals surface area contributed by atoms with Gasteiger partial charge in [0.05, 0.1) is 17.0 Å². The molecule has 0 aromatic heterocycles. The Morgan fingerprint density at radius 2 is 1.77 bits per heavy atom. The van der Waals surface area contributed by atoms with Crippen LogP contribution in [-0.2, 0) is 19.6 Å². The minimum Gasteiger partial charge on any atom is -0.481 e. The highest BCUT2D eigenvalue weighted by Crippen LogP contribution is 2.17. The van der Waals surface area contributed by atoms with E-state index in [1.54, 1.807) is 18.8 Å². The average molecular weight is 328 g/mol. The Bertz CT molecular complexity index is 667.